The number of hydrogen-bond acceptors (Lipinski definition) is 6. The second kappa shape index (κ2) is 6.09. The summed E-state index contributed by atoms with van der Waals surface area (Å²) >= 11 is 0. The van der Waals surface area contributed by atoms with Crippen LogP contribution in [0, 0.1) is 6.92 Å². The van der Waals surface area contributed by atoms with Crippen LogP contribution in [0.3, 0.4) is 0 Å². The van der Waals surface area contributed by atoms with E-state index < -0.39 is 9.84 Å². The lowest BCUT2D eigenvalue weighted by molar-refractivity contribution is 0.396. The quantitative estimate of drug-likeness (QED) is 0.907. The number of aryl methyl sites for hydroxylation is 1. The first kappa shape index (κ1) is 15.2. The Labute approximate surface area is 124 Å². The van der Waals surface area contributed by atoms with Crippen LogP contribution in [-0.4, -0.2) is 31.8 Å². The van der Waals surface area contributed by atoms with E-state index in [2.05, 4.69) is 15.3 Å². The van der Waals surface area contributed by atoms with Gasteiger partial charge in [0.25, 0.3) is 0 Å². The van der Waals surface area contributed by atoms with E-state index in [4.69, 9.17) is 4.74 Å². The standard InChI is InChI=1S/C14H17N3O3S/c1-10-16-13(8-14(17-10)20-2)15-9-11-4-6-12(7-5-11)21(3,18)19/h4-8H,9H2,1-3H3,(H,15,16,17). The molecule has 2 rings (SSSR count). The molecule has 7 heteroatoms. The van der Waals surface area contributed by atoms with Gasteiger partial charge in [-0.2, -0.15) is 4.98 Å². The molecule has 0 radical (unpaired) electrons. The van der Waals surface area contributed by atoms with Crippen molar-refractivity contribution >= 4 is 15.7 Å². The highest BCUT2D eigenvalue weighted by Gasteiger charge is 2.06. The van der Waals surface area contributed by atoms with Gasteiger partial charge in [-0.1, -0.05) is 12.1 Å². The first-order valence-electron chi connectivity index (χ1n) is 6.31. The van der Waals surface area contributed by atoms with Crippen LogP contribution in [-0.2, 0) is 16.4 Å². The summed E-state index contributed by atoms with van der Waals surface area (Å²) in [7, 11) is -1.61. The fourth-order valence-electron chi connectivity index (χ4n) is 1.78. The highest BCUT2D eigenvalue weighted by molar-refractivity contribution is 7.90. The fourth-order valence-corrected chi connectivity index (χ4v) is 2.41. The van der Waals surface area contributed by atoms with Gasteiger partial charge >= 0.3 is 0 Å². The molecule has 0 fully saturated rings. The zero-order valence-electron chi connectivity index (χ0n) is 12.1. The summed E-state index contributed by atoms with van der Waals surface area (Å²) in [5.74, 6) is 1.77. The van der Waals surface area contributed by atoms with Crippen LogP contribution in [0.4, 0.5) is 5.82 Å². The third-order valence-electron chi connectivity index (χ3n) is 2.85. The van der Waals surface area contributed by atoms with Gasteiger partial charge in [-0.15, -0.1) is 0 Å². The Morgan fingerprint density at radius 1 is 1.19 bits per heavy atom. The van der Waals surface area contributed by atoms with E-state index in [-0.39, 0.29) is 0 Å². The normalized spacial score (nSPS) is 11.2. The van der Waals surface area contributed by atoms with E-state index in [1.54, 1.807) is 44.4 Å². The third kappa shape index (κ3) is 4.16. The molecule has 0 bridgehead atoms. The van der Waals surface area contributed by atoms with Crippen molar-refractivity contribution in [1.29, 1.82) is 0 Å². The van der Waals surface area contributed by atoms with Gasteiger partial charge in [0.15, 0.2) is 9.84 Å². The average Bonchev–Trinajstić information content (AvgIpc) is 2.44. The molecule has 112 valence electrons. The number of anilines is 1. The topological polar surface area (TPSA) is 81.2 Å². The average molecular weight is 307 g/mol. The van der Waals surface area contributed by atoms with E-state index in [1.807, 2.05) is 0 Å². The number of sulfone groups is 1. The van der Waals surface area contributed by atoms with Crippen molar-refractivity contribution in [1.82, 2.24) is 9.97 Å². The third-order valence-corrected chi connectivity index (χ3v) is 3.98. The number of ether oxygens (including phenoxy) is 1. The second-order valence-electron chi connectivity index (χ2n) is 4.61. The lowest BCUT2D eigenvalue weighted by atomic mass is 10.2. The first-order valence-corrected chi connectivity index (χ1v) is 8.20. The molecule has 1 N–H and O–H groups in total. The molecule has 1 aromatic carbocycles. The number of aromatic nitrogens is 2. The fraction of sp³-hybridized carbons (Fsp3) is 0.286. The van der Waals surface area contributed by atoms with Crippen LogP contribution in [0.1, 0.15) is 11.4 Å². The minimum atomic E-state index is -3.16. The highest BCUT2D eigenvalue weighted by atomic mass is 32.2. The molecule has 6 nitrogen and oxygen atoms in total. The number of rotatable bonds is 5. The van der Waals surface area contributed by atoms with Crippen molar-refractivity contribution in [2.45, 2.75) is 18.4 Å². The Balaban J connectivity index is 2.08. The number of benzene rings is 1. The number of methoxy groups -OCH3 is 1. The zero-order valence-corrected chi connectivity index (χ0v) is 12.9. The minimum Gasteiger partial charge on any atom is -0.481 e. The molecule has 21 heavy (non-hydrogen) atoms. The molecule has 2 aromatic rings. The van der Waals surface area contributed by atoms with E-state index >= 15 is 0 Å². The zero-order chi connectivity index (χ0) is 15.5. The van der Waals surface area contributed by atoms with Crippen LogP contribution in [0.25, 0.3) is 0 Å². The summed E-state index contributed by atoms with van der Waals surface area (Å²) < 4.78 is 27.9. The van der Waals surface area contributed by atoms with Crippen molar-refractivity contribution in [3.05, 3.63) is 41.7 Å². The lowest BCUT2D eigenvalue weighted by Crippen LogP contribution is -2.04. The predicted molar refractivity (Wildman–Crippen MR) is 80.2 cm³/mol. The maximum absolute atomic E-state index is 11.4. The number of nitrogens with zero attached hydrogens (tertiary/aromatic N) is 2. The van der Waals surface area contributed by atoms with Crippen LogP contribution in [0.5, 0.6) is 5.88 Å². The highest BCUT2D eigenvalue weighted by Crippen LogP contribution is 2.15. The summed E-state index contributed by atoms with van der Waals surface area (Å²) in [5, 5.41) is 3.15. The summed E-state index contributed by atoms with van der Waals surface area (Å²) in [6.45, 7) is 2.32. The Bertz CT molecular complexity index is 728. The van der Waals surface area contributed by atoms with Crippen molar-refractivity contribution < 1.29 is 13.2 Å². The van der Waals surface area contributed by atoms with Gasteiger partial charge in [0.1, 0.15) is 11.6 Å². The molecule has 0 aliphatic rings. The largest absolute Gasteiger partial charge is 0.481 e. The Morgan fingerprint density at radius 3 is 2.43 bits per heavy atom. The molecule has 0 saturated heterocycles. The number of nitrogens with one attached hydrogen (secondary N) is 1. The van der Waals surface area contributed by atoms with Gasteiger partial charge in [0.2, 0.25) is 5.88 Å². The SMILES string of the molecule is COc1cc(NCc2ccc(S(C)(=O)=O)cc2)nc(C)n1. The van der Waals surface area contributed by atoms with Gasteiger partial charge in [0.05, 0.1) is 12.0 Å². The van der Waals surface area contributed by atoms with Gasteiger partial charge in [-0.3, -0.25) is 0 Å². The van der Waals surface area contributed by atoms with E-state index in [0.29, 0.717) is 29.0 Å². The van der Waals surface area contributed by atoms with Crippen molar-refractivity contribution in [3.63, 3.8) is 0 Å². The summed E-state index contributed by atoms with van der Waals surface area (Å²) in [4.78, 5) is 8.67. The molecule has 1 heterocycles. The lowest BCUT2D eigenvalue weighted by Gasteiger charge is -2.08. The van der Waals surface area contributed by atoms with Crippen LogP contribution < -0.4 is 10.1 Å². The van der Waals surface area contributed by atoms with Gasteiger partial charge < -0.3 is 10.1 Å². The number of hydrogen-bond donors (Lipinski definition) is 1. The van der Waals surface area contributed by atoms with Crippen LogP contribution in [0.15, 0.2) is 35.2 Å². The van der Waals surface area contributed by atoms with Crippen LogP contribution >= 0.6 is 0 Å². The smallest absolute Gasteiger partial charge is 0.218 e. The molecule has 0 spiro atoms. The predicted octanol–water partition coefficient (Wildman–Crippen LogP) is 1.81. The molecule has 0 unspecified atom stereocenters. The van der Waals surface area contributed by atoms with Crippen molar-refractivity contribution in [2.24, 2.45) is 0 Å². The summed E-state index contributed by atoms with van der Waals surface area (Å²) in [6.07, 6.45) is 1.19. The van der Waals surface area contributed by atoms with Crippen molar-refractivity contribution in [2.75, 3.05) is 18.7 Å². The molecule has 0 amide bonds. The minimum absolute atomic E-state index is 0.311. The Kier molecular flexibility index (Phi) is 4.42. The molecular weight excluding hydrogens is 290 g/mol. The first-order chi connectivity index (χ1) is 9.88. The summed E-state index contributed by atoms with van der Waals surface area (Å²) in [5.41, 5.74) is 0.956. The molecule has 0 aliphatic carbocycles. The monoisotopic (exact) mass is 307 g/mol. The Morgan fingerprint density at radius 2 is 1.86 bits per heavy atom. The maximum Gasteiger partial charge on any atom is 0.218 e. The van der Waals surface area contributed by atoms with Gasteiger partial charge in [-0.25, -0.2) is 13.4 Å². The maximum atomic E-state index is 11.4. The Hall–Kier alpha value is -2.15. The van der Waals surface area contributed by atoms with Gasteiger partial charge in [0, 0.05) is 18.9 Å². The van der Waals surface area contributed by atoms with E-state index in [1.165, 1.54) is 6.26 Å². The van der Waals surface area contributed by atoms with Crippen LogP contribution in [0.2, 0.25) is 0 Å². The van der Waals surface area contributed by atoms with E-state index in [0.717, 1.165) is 5.56 Å². The molecule has 0 atom stereocenters. The summed E-state index contributed by atoms with van der Waals surface area (Å²) in [6, 6.07) is 8.44. The van der Waals surface area contributed by atoms with Gasteiger partial charge in [-0.05, 0) is 24.6 Å². The molecule has 0 aliphatic heterocycles. The van der Waals surface area contributed by atoms with Crippen molar-refractivity contribution in [3.8, 4) is 5.88 Å². The molecular formula is C14H17N3O3S. The van der Waals surface area contributed by atoms with E-state index in [9.17, 15) is 8.42 Å². The second-order valence-corrected chi connectivity index (χ2v) is 6.63. The molecule has 1 aromatic heterocycles. The molecule has 0 saturated carbocycles.